The van der Waals surface area contributed by atoms with Crippen LogP contribution in [-0.4, -0.2) is 78.6 Å². The SMILES string of the molecule is COCCN(C(=O)C=CCN(C)C)c1cccc(-n2nc(-c3ccc(C)c(OC)c3)c3c(N)ncnc32)c1. The van der Waals surface area contributed by atoms with Crippen molar-refractivity contribution in [1.29, 1.82) is 0 Å². The lowest BCUT2D eigenvalue weighted by molar-refractivity contribution is -0.114. The van der Waals surface area contributed by atoms with Crippen LogP contribution in [0.5, 0.6) is 5.75 Å². The maximum absolute atomic E-state index is 13.1. The van der Waals surface area contributed by atoms with Crippen LogP contribution in [0.2, 0.25) is 0 Å². The van der Waals surface area contributed by atoms with E-state index >= 15 is 0 Å². The van der Waals surface area contributed by atoms with Crippen LogP contribution in [0, 0.1) is 6.92 Å². The molecular weight excluding hydrogens is 482 g/mol. The number of nitrogens with zero attached hydrogens (tertiary/aromatic N) is 6. The molecule has 0 aliphatic carbocycles. The molecule has 2 aromatic carbocycles. The van der Waals surface area contributed by atoms with Crippen molar-refractivity contribution in [2.24, 2.45) is 0 Å². The van der Waals surface area contributed by atoms with Gasteiger partial charge in [-0.3, -0.25) is 4.79 Å². The Bertz CT molecular complexity index is 1460. The molecule has 198 valence electrons. The number of nitrogen functional groups attached to an aromatic ring is 1. The molecule has 2 N–H and O–H groups in total. The van der Waals surface area contributed by atoms with E-state index < -0.39 is 0 Å². The third kappa shape index (κ3) is 5.66. The Labute approximate surface area is 222 Å². The molecule has 0 saturated heterocycles. The number of ether oxygens (including phenoxy) is 2. The zero-order valence-electron chi connectivity index (χ0n) is 22.4. The molecule has 10 nitrogen and oxygen atoms in total. The van der Waals surface area contributed by atoms with E-state index in [0.29, 0.717) is 47.9 Å². The van der Waals surface area contributed by atoms with Crippen molar-refractivity contribution in [1.82, 2.24) is 24.6 Å². The fourth-order valence-corrected chi connectivity index (χ4v) is 4.12. The van der Waals surface area contributed by atoms with E-state index in [-0.39, 0.29) is 5.91 Å². The highest BCUT2D eigenvalue weighted by atomic mass is 16.5. The molecule has 0 aliphatic rings. The van der Waals surface area contributed by atoms with Crippen molar-refractivity contribution in [3.05, 3.63) is 66.5 Å². The number of carbonyl (C=O) groups is 1. The van der Waals surface area contributed by atoms with Crippen LogP contribution in [0.1, 0.15) is 5.56 Å². The van der Waals surface area contributed by atoms with E-state index in [1.165, 1.54) is 6.33 Å². The molecule has 0 fully saturated rings. The van der Waals surface area contributed by atoms with Crippen molar-refractivity contribution in [2.75, 3.05) is 58.6 Å². The summed E-state index contributed by atoms with van der Waals surface area (Å²) in [5.74, 6) is 0.942. The number of carbonyl (C=O) groups excluding carboxylic acids is 1. The highest BCUT2D eigenvalue weighted by Gasteiger charge is 2.20. The highest BCUT2D eigenvalue weighted by molar-refractivity contribution is 6.02. The summed E-state index contributed by atoms with van der Waals surface area (Å²) in [6, 6.07) is 13.5. The summed E-state index contributed by atoms with van der Waals surface area (Å²) >= 11 is 0. The normalized spacial score (nSPS) is 11.5. The Morgan fingerprint density at radius 3 is 2.68 bits per heavy atom. The van der Waals surface area contributed by atoms with Gasteiger partial charge in [0.15, 0.2) is 5.65 Å². The number of aryl methyl sites for hydroxylation is 1. The van der Waals surface area contributed by atoms with E-state index in [0.717, 1.165) is 22.6 Å². The summed E-state index contributed by atoms with van der Waals surface area (Å²) in [6.45, 7) is 3.44. The Hall–Kier alpha value is -4.28. The number of hydrogen-bond acceptors (Lipinski definition) is 8. The van der Waals surface area contributed by atoms with Crippen molar-refractivity contribution in [3.8, 4) is 22.7 Å². The molecule has 0 saturated carbocycles. The molecule has 0 atom stereocenters. The zero-order chi connectivity index (χ0) is 27.2. The number of hydrogen-bond donors (Lipinski definition) is 1. The molecule has 1 amide bonds. The molecule has 38 heavy (non-hydrogen) atoms. The third-order valence-electron chi connectivity index (χ3n) is 6.08. The first-order valence-corrected chi connectivity index (χ1v) is 12.2. The first kappa shape index (κ1) is 26.8. The summed E-state index contributed by atoms with van der Waals surface area (Å²) < 4.78 is 12.5. The molecule has 0 aliphatic heterocycles. The molecule has 0 unspecified atom stereocenters. The number of anilines is 2. The van der Waals surface area contributed by atoms with Gasteiger partial charge in [-0.25, -0.2) is 14.6 Å². The molecule has 2 heterocycles. The van der Waals surface area contributed by atoms with Crippen molar-refractivity contribution in [2.45, 2.75) is 6.92 Å². The second kappa shape index (κ2) is 11.8. The largest absolute Gasteiger partial charge is 0.496 e. The van der Waals surface area contributed by atoms with E-state index in [2.05, 4.69) is 9.97 Å². The summed E-state index contributed by atoms with van der Waals surface area (Å²) in [7, 11) is 7.15. The topological polar surface area (TPSA) is 112 Å². The molecule has 0 radical (unpaired) electrons. The van der Waals surface area contributed by atoms with E-state index in [9.17, 15) is 4.79 Å². The lowest BCUT2D eigenvalue weighted by Gasteiger charge is -2.22. The number of amides is 1. The third-order valence-corrected chi connectivity index (χ3v) is 6.08. The first-order valence-electron chi connectivity index (χ1n) is 12.2. The minimum atomic E-state index is -0.134. The van der Waals surface area contributed by atoms with Gasteiger partial charge in [-0.15, -0.1) is 0 Å². The number of fused-ring (bicyclic) bond motifs is 1. The van der Waals surface area contributed by atoms with Gasteiger partial charge in [0.2, 0.25) is 0 Å². The highest BCUT2D eigenvalue weighted by Crippen LogP contribution is 2.34. The summed E-state index contributed by atoms with van der Waals surface area (Å²) in [5, 5.41) is 5.54. The number of rotatable bonds is 10. The van der Waals surface area contributed by atoms with E-state index in [1.807, 2.05) is 74.5 Å². The smallest absolute Gasteiger partial charge is 0.250 e. The quantitative estimate of drug-likeness (QED) is 0.320. The average molecular weight is 516 g/mol. The van der Waals surface area contributed by atoms with Crippen LogP contribution in [-0.2, 0) is 9.53 Å². The molecular formula is C28H33N7O3. The summed E-state index contributed by atoms with van der Waals surface area (Å²) in [4.78, 5) is 25.5. The molecule has 2 aromatic heterocycles. The maximum atomic E-state index is 13.1. The Morgan fingerprint density at radius 1 is 1.13 bits per heavy atom. The minimum absolute atomic E-state index is 0.134. The van der Waals surface area contributed by atoms with Crippen LogP contribution >= 0.6 is 0 Å². The van der Waals surface area contributed by atoms with E-state index in [1.54, 1.807) is 29.9 Å². The standard InChI is InChI=1S/C28H33N7O3/c1-19-11-12-20(16-23(19)38-5)26-25-27(29)30-18-31-28(25)35(32-26)22-9-6-8-21(17-22)34(14-15-37-4)24(36)10-7-13-33(2)3/h6-12,16-18H,13-15H2,1-5H3,(H2,29,30,31). The first-order chi connectivity index (χ1) is 18.3. The van der Waals surface area contributed by atoms with Gasteiger partial charge in [-0.05, 0) is 50.8 Å². The van der Waals surface area contributed by atoms with Crippen molar-refractivity contribution >= 4 is 28.4 Å². The summed E-state index contributed by atoms with van der Waals surface area (Å²) in [5.41, 5.74) is 10.8. The average Bonchev–Trinajstić information content (AvgIpc) is 3.30. The predicted octanol–water partition coefficient (Wildman–Crippen LogP) is 3.48. The number of aromatic nitrogens is 4. The molecule has 0 bridgehead atoms. The fourth-order valence-electron chi connectivity index (χ4n) is 4.12. The van der Waals surface area contributed by atoms with Crippen LogP contribution < -0.4 is 15.4 Å². The van der Waals surface area contributed by atoms with Crippen LogP contribution in [0.15, 0.2) is 60.9 Å². The Morgan fingerprint density at radius 2 is 1.95 bits per heavy atom. The fraction of sp³-hybridized carbons (Fsp3) is 0.286. The Balaban J connectivity index is 1.80. The molecule has 10 heteroatoms. The lowest BCUT2D eigenvalue weighted by atomic mass is 10.1. The monoisotopic (exact) mass is 515 g/mol. The van der Waals surface area contributed by atoms with Crippen LogP contribution in [0.4, 0.5) is 11.5 Å². The van der Waals surface area contributed by atoms with Gasteiger partial charge in [0.1, 0.15) is 23.6 Å². The maximum Gasteiger partial charge on any atom is 0.250 e. The summed E-state index contributed by atoms with van der Waals surface area (Å²) in [6.07, 6.45) is 4.85. The minimum Gasteiger partial charge on any atom is -0.496 e. The van der Waals surface area contributed by atoms with Crippen LogP contribution in [0.3, 0.4) is 0 Å². The van der Waals surface area contributed by atoms with Crippen molar-refractivity contribution in [3.63, 3.8) is 0 Å². The lowest BCUT2D eigenvalue weighted by Crippen LogP contribution is -2.32. The second-order valence-electron chi connectivity index (χ2n) is 9.07. The second-order valence-corrected chi connectivity index (χ2v) is 9.07. The predicted molar refractivity (Wildman–Crippen MR) is 150 cm³/mol. The van der Waals surface area contributed by atoms with Crippen molar-refractivity contribution < 1.29 is 14.3 Å². The molecule has 0 spiro atoms. The van der Waals surface area contributed by atoms with Gasteiger partial charge in [0, 0.05) is 37.5 Å². The molecule has 4 rings (SSSR count). The van der Waals surface area contributed by atoms with E-state index in [4.69, 9.17) is 20.3 Å². The van der Waals surface area contributed by atoms with Crippen LogP contribution in [0.25, 0.3) is 28.0 Å². The van der Waals surface area contributed by atoms with Gasteiger partial charge < -0.3 is 25.0 Å². The Kier molecular flexibility index (Phi) is 8.35. The number of benzene rings is 2. The zero-order valence-corrected chi connectivity index (χ0v) is 22.4. The van der Waals surface area contributed by atoms with Gasteiger partial charge in [0.05, 0.1) is 24.8 Å². The number of nitrogens with two attached hydrogens (primary N) is 1. The van der Waals surface area contributed by atoms with Gasteiger partial charge in [-0.2, -0.15) is 5.10 Å². The number of likely N-dealkylation sites (N-methyl/N-ethyl adjacent to an activating group) is 1. The molecule has 4 aromatic rings. The number of methoxy groups -OCH3 is 2. The van der Waals surface area contributed by atoms with Gasteiger partial charge >= 0.3 is 0 Å². The van der Waals surface area contributed by atoms with Gasteiger partial charge in [0.25, 0.3) is 5.91 Å². The van der Waals surface area contributed by atoms with Gasteiger partial charge in [-0.1, -0.05) is 24.3 Å².